The minimum Gasteiger partial charge on any atom is -0.447 e. The number of nitrogens with zero attached hydrogens (tertiary/aromatic N) is 3. The highest BCUT2D eigenvalue weighted by Gasteiger charge is 2.81. The summed E-state index contributed by atoms with van der Waals surface area (Å²) >= 11 is 6.17. The molecule has 2 bridgehead atoms. The SMILES string of the molecule is CC(C)(C)C1CCC23OC(=N)C(C#N)(C2C1)C(C#N)(C#N)C(c1cccc(Cl)c1)O3. The summed E-state index contributed by atoms with van der Waals surface area (Å²) in [4.78, 5) is 0. The van der Waals surface area contributed by atoms with Gasteiger partial charge in [0, 0.05) is 11.4 Å². The number of rotatable bonds is 1. The minimum absolute atomic E-state index is 0.0222. The van der Waals surface area contributed by atoms with E-state index in [1.807, 2.05) is 0 Å². The van der Waals surface area contributed by atoms with Gasteiger partial charge in [-0.05, 0) is 41.9 Å². The highest BCUT2D eigenvalue weighted by molar-refractivity contribution is 6.30. The van der Waals surface area contributed by atoms with Crippen LogP contribution < -0.4 is 0 Å². The van der Waals surface area contributed by atoms with Gasteiger partial charge in [0.25, 0.3) is 0 Å². The number of halogens is 1. The van der Waals surface area contributed by atoms with Gasteiger partial charge < -0.3 is 9.47 Å². The predicted octanol–water partition coefficient (Wildman–Crippen LogP) is 5.12. The average Bonchev–Trinajstić information content (AvgIpc) is 2.91. The molecule has 1 aromatic carbocycles. The third-order valence-corrected chi connectivity index (χ3v) is 7.52. The number of nitriles is 3. The number of benzene rings is 1. The fraction of sp³-hybridized carbons (Fsp3) is 0.565. The molecule has 2 aliphatic heterocycles. The van der Waals surface area contributed by atoms with Gasteiger partial charge in [-0.3, -0.25) is 5.41 Å². The summed E-state index contributed by atoms with van der Waals surface area (Å²) in [6.45, 7) is 6.43. The molecule has 1 saturated carbocycles. The molecule has 1 aromatic rings. The largest absolute Gasteiger partial charge is 0.447 e. The lowest BCUT2D eigenvalue weighted by atomic mass is 9.49. The topological polar surface area (TPSA) is 114 Å². The van der Waals surface area contributed by atoms with E-state index in [1.165, 1.54) is 0 Å². The van der Waals surface area contributed by atoms with Crippen molar-refractivity contribution < 1.29 is 9.47 Å². The molecular formula is C23H23ClN4O2. The molecule has 4 rings (SSSR count). The van der Waals surface area contributed by atoms with Crippen LogP contribution in [-0.2, 0) is 9.47 Å². The zero-order valence-corrected chi connectivity index (χ0v) is 18.0. The first-order valence-corrected chi connectivity index (χ1v) is 10.4. The highest BCUT2D eigenvalue weighted by Crippen LogP contribution is 2.70. The van der Waals surface area contributed by atoms with Crippen molar-refractivity contribution in [3.05, 3.63) is 34.9 Å². The summed E-state index contributed by atoms with van der Waals surface area (Å²) < 4.78 is 12.4. The molecule has 30 heavy (non-hydrogen) atoms. The van der Waals surface area contributed by atoms with Crippen LogP contribution in [0.4, 0.5) is 0 Å². The Bertz CT molecular complexity index is 1030. The summed E-state index contributed by atoms with van der Waals surface area (Å²) in [5.41, 5.74) is -3.15. The van der Waals surface area contributed by atoms with Crippen LogP contribution >= 0.6 is 11.6 Å². The van der Waals surface area contributed by atoms with Crippen molar-refractivity contribution in [2.24, 2.45) is 28.1 Å². The smallest absolute Gasteiger partial charge is 0.217 e. The van der Waals surface area contributed by atoms with Gasteiger partial charge in [0.1, 0.15) is 6.10 Å². The van der Waals surface area contributed by atoms with Crippen molar-refractivity contribution in [3.63, 3.8) is 0 Å². The van der Waals surface area contributed by atoms with Crippen molar-refractivity contribution in [2.75, 3.05) is 0 Å². The highest BCUT2D eigenvalue weighted by atomic mass is 35.5. The molecule has 1 N–H and O–H groups in total. The van der Waals surface area contributed by atoms with Crippen molar-refractivity contribution in [1.82, 2.24) is 0 Å². The van der Waals surface area contributed by atoms with Gasteiger partial charge in [-0.15, -0.1) is 0 Å². The maximum Gasteiger partial charge on any atom is 0.217 e. The molecule has 2 heterocycles. The summed E-state index contributed by atoms with van der Waals surface area (Å²) in [5, 5.41) is 40.1. The zero-order chi connectivity index (χ0) is 21.9. The van der Waals surface area contributed by atoms with Crippen LogP contribution in [0, 0.1) is 67.5 Å². The monoisotopic (exact) mass is 422 g/mol. The lowest BCUT2D eigenvalue weighted by Crippen LogP contribution is -2.61. The van der Waals surface area contributed by atoms with Gasteiger partial charge in [-0.2, -0.15) is 15.8 Å². The predicted molar refractivity (Wildman–Crippen MR) is 109 cm³/mol. The molecule has 1 aliphatic carbocycles. The van der Waals surface area contributed by atoms with Crippen LogP contribution in [0.3, 0.4) is 0 Å². The third kappa shape index (κ3) is 2.40. The van der Waals surface area contributed by atoms with Crippen LogP contribution in [0.1, 0.15) is 51.7 Å². The summed E-state index contributed by atoms with van der Waals surface area (Å²) in [7, 11) is 0. The number of hydrogen-bond donors (Lipinski definition) is 1. The van der Waals surface area contributed by atoms with E-state index in [0.717, 1.165) is 6.42 Å². The second-order valence-electron chi connectivity index (χ2n) is 9.64. The Morgan fingerprint density at radius 2 is 1.87 bits per heavy atom. The second kappa shape index (κ2) is 6.45. The Hall–Kier alpha value is -2.59. The van der Waals surface area contributed by atoms with E-state index < -0.39 is 28.6 Å². The minimum atomic E-state index is -1.94. The maximum atomic E-state index is 10.4. The van der Waals surface area contributed by atoms with Gasteiger partial charge in [-0.25, -0.2) is 0 Å². The van der Waals surface area contributed by atoms with Crippen molar-refractivity contribution in [2.45, 2.75) is 51.9 Å². The van der Waals surface area contributed by atoms with Gasteiger partial charge in [-0.1, -0.05) is 44.5 Å². The van der Waals surface area contributed by atoms with E-state index in [9.17, 15) is 15.8 Å². The van der Waals surface area contributed by atoms with E-state index in [1.54, 1.807) is 24.3 Å². The Morgan fingerprint density at radius 3 is 2.43 bits per heavy atom. The van der Waals surface area contributed by atoms with Gasteiger partial charge >= 0.3 is 0 Å². The molecule has 6 nitrogen and oxygen atoms in total. The van der Waals surface area contributed by atoms with Crippen LogP contribution in [0.15, 0.2) is 24.3 Å². The summed E-state index contributed by atoms with van der Waals surface area (Å²) in [6, 6.07) is 13.2. The van der Waals surface area contributed by atoms with Crippen LogP contribution in [0.5, 0.6) is 0 Å². The fourth-order valence-electron chi connectivity index (χ4n) is 5.60. The summed E-state index contributed by atoms with van der Waals surface area (Å²) in [5.74, 6) is -1.86. The fourth-order valence-corrected chi connectivity index (χ4v) is 5.79. The van der Waals surface area contributed by atoms with Gasteiger partial charge in [0.2, 0.25) is 17.1 Å². The molecule has 154 valence electrons. The molecule has 0 aromatic heterocycles. The number of ether oxygens (including phenoxy) is 2. The average molecular weight is 423 g/mol. The lowest BCUT2D eigenvalue weighted by Gasteiger charge is -2.54. The first-order chi connectivity index (χ1) is 14.1. The Kier molecular flexibility index (Phi) is 4.45. The molecular weight excluding hydrogens is 400 g/mol. The Morgan fingerprint density at radius 1 is 1.17 bits per heavy atom. The van der Waals surface area contributed by atoms with Crippen molar-refractivity contribution >= 4 is 17.5 Å². The quantitative estimate of drug-likeness (QED) is 0.674. The Labute approximate surface area is 181 Å². The van der Waals surface area contributed by atoms with E-state index >= 15 is 0 Å². The molecule has 3 fully saturated rings. The van der Waals surface area contributed by atoms with Gasteiger partial charge in [0.15, 0.2) is 5.41 Å². The van der Waals surface area contributed by atoms with Crippen molar-refractivity contribution in [1.29, 1.82) is 21.2 Å². The molecule has 3 aliphatic rings. The van der Waals surface area contributed by atoms with Crippen molar-refractivity contribution in [3.8, 4) is 18.2 Å². The van der Waals surface area contributed by atoms with E-state index in [2.05, 4.69) is 39.0 Å². The van der Waals surface area contributed by atoms with Crippen LogP contribution in [-0.4, -0.2) is 11.7 Å². The second-order valence-corrected chi connectivity index (χ2v) is 10.1. The molecule has 2 saturated heterocycles. The first-order valence-electron chi connectivity index (χ1n) is 10.1. The zero-order valence-electron chi connectivity index (χ0n) is 17.2. The van der Waals surface area contributed by atoms with Crippen LogP contribution in [0.25, 0.3) is 0 Å². The maximum absolute atomic E-state index is 10.4. The molecule has 5 atom stereocenters. The van der Waals surface area contributed by atoms with E-state index in [4.69, 9.17) is 26.5 Å². The number of nitrogens with one attached hydrogen (secondary N) is 1. The molecule has 7 heteroatoms. The first kappa shape index (κ1) is 20.7. The van der Waals surface area contributed by atoms with Crippen LogP contribution in [0.2, 0.25) is 5.02 Å². The molecule has 0 amide bonds. The molecule has 0 spiro atoms. The number of hydrogen-bond acceptors (Lipinski definition) is 6. The normalized spacial score (nSPS) is 36.6. The lowest BCUT2D eigenvalue weighted by molar-refractivity contribution is -0.301. The molecule has 0 radical (unpaired) electrons. The van der Waals surface area contributed by atoms with Gasteiger partial charge in [0.05, 0.1) is 24.1 Å². The van der Waals surface area contributed by atoms with E-state index in [0.29, 0.717) is 23.4 Å². The molecule has 5 unspecified atom stereocenters. The third-order valence-electron chi connectivity index (χ3n) is 7.29. The Balaban J connectivity index is 1.95. The standard InChI is InChI=1S/C23H23ClN4O2/c1-20(2,3)15-7-8-23-17(10-15)22(13-27,19(28)30-23)21(11-25,12-26)18(29-23)14-5-4-6-16(24)9-14/h4-6,9,15,17-18,28H,7-8,10H2,1-3H3. The summed E-state index contributed by atoms with van der Waals surface area (Å²) in [6.07, 6.45) is 0.793. The van der Waals surface area contributed by atoms with E-state index in [-0.39, 0.29) is 17.2 Å².